The Kier molecular flexibility index (Phi) is 4.02. The van der Waals surface area contributed by atoms with Gasteiger partial charge in [0, 0.05) is 24.4 Å². The van der Waals surface area contributed by atoms with E-state index in [1.807, 2.05) is 57.4 Å². The standard InChI is InChI=1S/C18H19N3O2/c1-12-4-6-14(7-5-12)16-8-9-17(23-16)18(22)20-13(2)15-10-19-21(3)11-15/h4-11,13H,1-3H3,(H,20,22)/t13-/m1/s1. The number of nitrogens with one attached hydrogen (secondary N) is 1. The topological polar surface area (TPSA) is 60.1 Å². The van der Waals surface area contributed by atoms with E-state index in [4.69, 9.17) is 4.42 Å². The molecule has 0 saturated heterocycles. The van der Waals surface area contributed by atoms with Crippen LogP contribution in [0.2, 0.25) is 0 Å². The predicted molar refractivity (Wildman–Crippen MR) is 88.0 cm³/mol. The first-order chi connectivity index (χ1) is 11.0. The molecule has 1 amide bonds. The number of hydrogen-bond donors (Lipinski definition) is 1. The van der Waals surface area contributed by atoms with Crippen LogP contribution in [-0.4, -0.2) is 15.7 Å². The molecule has 2 heterocycles. The molecule has 3 rings (SSSR count). The average Bonchev–Trinajstić information content (AvgIpc) is 3.17. The van der Waals surface area contributed by atoms with E-state index in [1.165, 1.54) is 5.56 Å². The molecule has 1 N–H and O–H groups in total. The number of aryl methyl sites for hydroxylation is 2. The molecule has 3 aromatic rings. The number of benzene rings is 1. The van der Waals surface area contributed by atoms with Crippen molar-refractivity contribution in [1.82, 2.24) is 15.1 Å². The molecular formula is C18H19N3O2. The van der Waals surface area contributed by atoms with Crippen LogP contribution in [0.25, 0.3) is 11.3 Å². The van der Waals surface area contributed by atoms with Crippen molar-refractivity contribution in [3.05, 3.63) is 65.7 Å². The Morgan fingerprint density at radius 2 is 1.96 bits per heavy atom. The van der Waals surface area contributed by atoms with E-state index in [2.05, 4.69) is 10.4 Å². The Labute approximate surface area is 134 Å². The summed E-state index contributed by atoms with van der Waals surface area (Å²) >= 11 is 0. The van der Waals surface area contributed by atoms with Crippen LogP contribution in [0.4, 0.5) is 0 Å². The van der Waals surface area contributed by atoms with Crippen molar-refractivity contribution in [2.24, 2.45) is 7.05 Å². The minimum absolute atomic E-state index is 0.135. The maximum Gasteiger partial charge on any atom is 0.287 e. The van der Waals surface area contributed by atoms with Crippen LogP contribution in [-0.2, 0) is 7.05 Å². The lowest BCUT2D eigenvalue weighted by Crippen LogP contribution is -2.26. The smallest absolute Gasteiger partial charge is 0.287 e. The van der Waals surface area contributed by atoms with E-state index in [0.717, 1.165) is 11.1 Å². The van der Waals surface area contributed by atoms with Crippen LogP contribution >= 0.6 is 0 Å². The van der Waals surface area contributed by atoms with E-state index in [1.54, 1.807) is 16.9 Å². The molecule has 0 aliphatic carbocycles. The highest BCUT2D eigenvalue weighted by molar-refractivity contribution is 5.92. The maximum atomic E-state index is 12.3. The van der Waals surface area contributed by atoms with Crippen molar-refractivity contribution < 1.29 is 9.21 Å². The largest absolute Gasteiger partial charge is 0.451 e. The second-order valence-electron chi connectivity index (χ2n) is 5.67. The van der Waals surface area contributed by atoms with Gasteiger partial charge in [-0.15, -0.1) is 0 Å². The zero-order valence-electron chi connectivity index (χ0n) is 13.4. The lowest BCUT2D eigenvalue weighted by molar-refractivity contribution is 0.0912. The van der Waals surface area contributed by atoms with Gasteiger partial charge in [-0.3, -0.25) is 9.48 Å². The summed E-state index contributed by atoms with van der Waals surface area (Å²) in [5, 5.41) is 7.02. The molecule has 0 spiro atoms. The van der Waals surface area contributed by atoms with Crippen molar-refractivity contribution in [3.63, 3.8) is 0 Å². The highest BCUT2D eigenvalue weighted by Crippen LogP contribution is 2.23. The second-order valence-corrected chi connectivity index (χ2v) is 5.67. The normalized spacial score (nSPS) is 12.1. The number of aromatic nitrogens is 2. The molecule has 5 nitrogen and oxygen atoms in total. The fourth-order valence-corrected chi connectivity index (χ4v) is 2.35. The molecule has 0 bridgehead atoms. The van der Waals surface area contributed by atoms with E-state index in [0.29, 0.717) is 11.5 Å². The molecule has 0 radical (unpaired) electrons. The third-order valence-corrected chi connectivity index (χ3v) is 3.74. The van der Waals surface area contributed by atoms with Gasteiger partial charge in [0.15, 0.2) is 5.76 Å². The number of hydrogen-bond acceptors (Lipinski definition) is 3. The Morgan fingerprint density at radius 3 is 2.61 bits per heavy atom. The van der Waals surface area contributed by atoms with Crippen LogP contribution < -0.4 is 5.32 Å². The van der Waals surface area contributed by atoms with Gasteiger partial charge in [0.1, 0.15) is 5.76 Å². The molecule has 0 fully saturated rings. The first kappa shape index (κ1) is 15.1. The molecule has 0 saturated carbocycles. The van der Waals surface area contributed by atoms with Crippen LogP contribution in [0.5, 0.6) is 0 Å². The molecule has 1 aromatic carbocycles. The van der Waals surface area contributed by atoms with E-state index in [-0.39, 0.29) is 11.9 Å². The van der Waals surface area contributed by atoms with Crippen LogP contribution in [0, 0.1) is 6.92 Å². The summed E-state index contributed by atoms with van der Waals surface area (Å²) < 4.78 is 7.39. The molecule has 118 valence electrons. The van der Waals surface area contributed by atoms with E-state index < -0.39 is 0 Å². The van der Waals surface area contributed by atoms with Gasteiger partial charge in [-0.2, -0.15) is 5.10 Å². The van der Waals surface area contributed by atoms with Gasteiger partial charge in [0.25, 0.3) is 5.91 Å². The lowest BCUT2D eigenvalue weighted by Gasteiger charge is -2.10. The van der Waals surface area contributed by atoms with Gasteiger partial charge in [-0.05, 0) is 26.0 Å². The van der Waals surface area contributed by atoms with E-state index in [9.17, 15) is 4.79 Å². The van der Waals surface area contributed by atoms with Gasteiger partial charge < -0.3 is 9.73 Å². The third kappa shape index (κ3) is 3.34. The van der Waals surface area contributed by atoms with Crippen molar-refractivity contribution in [2.45, 2.75) is 19.9 Å². The fraction of sp³-hybridized carbons (Fsp3) is 0.222. The van der Waals surface area contributed by atoms with Gasteiger partial charge in [-0.1, -0.05) is 29.8 Å². The summed E-state index contributed by atoms with van der Waals surface area (Å²) in [6, 6.07) is 11.4. The van der Waals surface area contributed by atoms with Gasteiger partial charge in [-0.25, -0.2) is 0 Å². The molecule has 1 atom stereocenters. The minimum atomic E-state index is -0.236. The molecule has 0 aliphatic rings. The quantitative estimate of drug-likeness (QED) is 0.802. The fourth-order valence-electron chi connectivity index (χ4n) is 2.35. The average molecular weight is 309 g/mol. The summed E-state index contributed by atoms with van der Waals surface area (Å²) in [6.45, 7) is 3.95. The minimum Gasteiger partial charge on any atom is -0.451 e. The van der Waals surface area contributed by atoms with Crippen molar-refractivity contribution in [1.29, 1.82) is 0 Å². The van der Waals surface area contributed by atoms with Crippen molar-refractivity contribution >= 4 is 5.91 Å². The van der Waals surface area contributed by atoms with E-state index >= 15 is 0 Å². The van der Waals surface area contributed by atoms with Crippen LogP contribution in [0.15, 0.2) is 53.2 Å². The lowest BCUT2D eigenvalue weighted by atomic mass is 10.1. The zero-order valence-corrected chi connectivity index (χ0v) is 13.4. The predicted octanol–water partition coefficient (Wildman–Crippen LogP) is 3.48. The number of amides is 1. The highest BCUT2D eigenvalue weighted by atomic mass is 16.3. The first-order valence-corrected chi connectivity index (χ1v) is 7.49. The Hall–Kier alpha value is -2.82. The summed E-state index contributed by atoms with van der Waals surface area (Å²) in [7, 11) is 1.85. The second kappa shape index (κ2) is 6.12. The Bertz CT molecular complexity index is 815. The summed E-state index contributed by atoms with van der Waals surface area (Å²) in [5.74, 6) is 0.750. The van der Waals surface area contributed by atoms with Gasteiger partial charge in [0.05, 0.1) is 12.2 Å². The number of carbonyl (C=O) groups excluding carboxylic acids is 1. The molecular weight excluding hydrogens is 290 g/mol. The SMILES string of the molecule is Cc1ccc(-c2ccc(C(=O)N[C@H](C)c3cnn(C)c3)o2)cc1. The zero-order chi connectivity index (χ0) is 16.4. The van der Waals surface area contributed by atoms with Crippen LogP contribution in [0.3, 0.4) is 0 Å². The number of furan rings is 1. The Balaban J connectivity index is 1.72. The first-order valence-electron chi connectivity index (χ1n) is 7.49. The number of rotatable bonds is 4. The maximum absolute atomic E-state index is 12.3. The summed E-state index contributed by atoms with van der Waals surface area (Å²) in [4.78, 5) is 12.3. The summed E-state index contributed by atoms with van der Waals surface area (Å²) in [5.41, 5.74) is 3.09. The van der Waals surface area contributed by atoms with Crippen LogP contribution in [0.1, 0.15) is 34.6 Å². The molecule has 2 aromatic heterocycles. The molecule has 23 heavy (non-hydrogen) atoms. The molecule has 0 aliphatic heterocycles. The number of nitrogens with zero attached hydrogens (tertiary/aromatic N) is 2. The third-order valence-electron chi connectivity index (χ3n) is 3.74. The van der Waals surface area contributed by atoms with Gasteiger partial charge in [0.2, 0.25) is 0 Å². The highest BCUT2D eigenvalue weighted by Gasteiger charge is 2.16. The monoisotopic (exact) mass is 309 g/mol. The molecule has 5 heteroatoms. The number of carbonyl (C=O) groups is 1. The van der Waals surface area contributed by atoms with Crippen molar-refractivity contribution in [3.8, 4) is 11.3 Å². The van der Waals surface area contributed by atoms with Gasteiger partial charge >= 0.3 is 0 Å². The summed E-state index contributed by atoms with van der Waals surface area (Å²) in [6.07, 6.45) is 3.62. The van der Waals surface area contributed by atoms with Crippen molar-refractivity contribution in [2.75, 3.05) is 0 Å². The Morgan fingerprint density at radius 1 is 1.22 bits per heavy atom. The molecule has 0 unspecified atom stereocenters.